The summed E-state index contributed by atoms with van der Waals surface area (Å²) in [7, 11) is 0. The van der Waals surface area contributed by atoms with Crippen molar-refractivity contribution in [2.24, 2.45) is 0 Å². The average Bonchev–Trinajstić information content (AvgIpc) is 2.18. The summed E-state index contributed by atoms with van der Waals surface area (Å²) in [5.41, 5.74) is 5.91. The Bertz CT molecular complexity index is 404. The lowest BCUT2D eigenvalue weighted by atomic mass is 9.93. The molecule has 1 aromatic carbocycles. The molecule has 4 nitrogen and oxygen atoms in total. The number of urea groups is 1. The maximum absolute atomic E-state index is 12.9. The molecular weight excluding hydrogens is 209 g/mol. The molecule has 0 unspecified atom stereocenters. The SMILES string of the molecule is Nc1cc(NC(=O)NC2CCC2)ccc1F. The van der Waals surface area contributed by atoms with Crippen molar-refractivity contribution >= 4 is 17.4 Å². The molecule has 1 fully saturated rings. The maximum atomic E-state index is 12.9. The van der Waals surface area contributed by atoms with Gasteiger partial charge in [-0.1, -0.05) is 0 Å². The van der Waals surface area contributed by atoms with Gasteiger partial charge < -0.3 is 16.4 Å². The van der Waals surface area contributed by atoms with Crippen LogP contribution in [0.2, 0.25) is 0 Å². The molecule has 2 amide bonds. The lowest BCUT2D eigenvalue weighted by molar-refractivity contribution is 0.240. The van der Waals surface area contributed by atoms with E-state index in [0.29, 0.717) is 5.69 Å². The summed E-state index contributed by atoms with van der Waals surface area (Å²) < 4.78 is 12.9. The van der Waals surface area contributed by atoms with Crippen molar-refractivity contribution in [3.05, 3.63) is 24.0 Å². The summed E-state index contributed by atoms with van der Waals surface area (Å²) in [6, 6.07) is 4.12. The summed E-state index contributed by atoms with van der Waals surface area (Å²) in [6.07, 6.45) is 3.21. The second kappa shape index (κ2) is 4.38. The van der Waals surface area contributed by atoms with Crippen molar-refractivity contribution in [1.29, 1.82) is 0 Å². The van der Waals surface area contributed by atoms with Crippen LogP contribution < -0.4 is 16.4 Å². The van der Waals surface area contributed by atoms with Crippen LogP contribution in [0.3, 0.4) is 0 Å². The zero-order chi connectivity index (χ0) is 11.5. The van der Waals surface area contributed by atoms with Gasteiger partial charge in [-0.2, -0.15) is 0 Å². The van der Waals surface area contributed by atoms with Crippen molar-refractivity contribution in [3.8, 4) is 0 Å². The topological polar surface area (TPSA) is 67.1 Å². The number of hydrogen-bond donors (Lipinski definition) is 3. The average molecular weight is 223 g/mol. The molecule has 0 heterocycles. The molecule has 2 rings (SSSR count). The van der Waals surface area contributed by atoms with Gasteiger partial charge in [0.15, 0.2) is 0 Å². The van der Waals surface area contributed by atoms with Crippen LogP contribution in [0.25, 0.3) is 0 Å². The minimum Gasteiger partial charge on any atom is -0.396 e. The molecule has 1 aromatic rings. The summed E-state index contributed by atoms with van der Waals surface area (Å²) in [5, 5.41) is 5.43. The zero-order valence-corrected chi connectivity index (χ0v) is 8.79. The van der Waals surface area contributed by atoms with Crippen LogP contribution in [0.15, 0.2) is 18.2 Å². The van der Waals surface area contributed by atoms with Gasteiger partial charge in [0.25, 0.3) is 0 Å². The van der Waals surface area contributed by atoms with Crippen LogP contribution in [-0.2, 0) is 0 Å². The number of hydrogen-bond acceptors (Lipinski definition) is 2. The molecule has 0 bridgehead atoms. The number of nitrogen functional groups attached to an aromatic ring is 1. The lowest BCUT2D eigenvalue weighted by Crippen LogP contribution is -2.41. The van der Waals surface area contributed by atoms with Crippen molar-refractivity contribution < 1.29 is 9.18 Å². The Morgan fingerprint density at radius 1 is 1.44 bits per heavy atom. The highest BCUT2D eigenvalue weighted by Crippen LogP contribution is 2.19. The molecule has 16 heavy (non-hydrogen) atoms. The molecule has 1 aliphatic carbocycles. The molecule has 4 N–H and O–H groups in total. The lowest BCUT2D eigenvalue weighted by Gasteiger charge is -2.26. The Hall–Kier alpha value is -1.78. The van der Waals surface area contributed by atoms with Gasteiger partial charge in [-0.25, -0.2) is 9.18 Å². The first kappa shape index (κ1) is 10.7. The maximum Gasteiger partial charge on any atom is 0.319 e. The van der Waals surface area contributed by atoms with Crippen molar-refractivity contribution in [2.45, 2.75) is 25.3 Å². The molecule has 0 saturated heterocycles. The number of amides is 2. The number of rotatable bonds is 2. The van der Waals surface area contributed by atoms with E-state index in [0.717, 1.165) is 19.3 Å². The van der Waals surface area contributed by atoms with E-state index < -0.39 is 5.82 Å². The van der Waals surface area contributed by atoms with Gasteiger partial charge in [-0.3, -0.25) is 0 Å². The molecule has 5 heteroatoms. The van der Waals surface area contributed by atoms with Crippen molar-refractivity contribution in [3.63, 3.8) is 0 Å². The number of anilines is 2. The number of nitrogens with two attached hydrogens (primary N) is 1. The molecule has 0 aliphatic heterocycles. The highest BCUT2D eigenvalue weighted by Gasteiger charge is 2.19. The Morgan fingerprint density at radius 2 is 2.19 bits per heavy atom. The third kappa shape index (κ3) is 2.42. The van der Waals surface area contributed by atoms with Gasteiger partial charge in [-0.15, -0.1) is 0 Å². The van der Waals surface area contributed by atoms with Crippen LogP contribution in [0.5, 0.6) is 0 Å². The minimum absolute atomic E-state index is 0.0291. The van der Waals surface area contributed by atoms with E-state index in [9.17, 15) is 9.18 Å². The predicted octanol–water partition coefficient (Wildman–Crippen LogP) is 2.08. The molecule has 0 radical (unpaired) electrons. The number of nitrogens with one attached hydrogen (secondary N) is 2. The highest BCUT2D eigenvalue weighted by atomic mass is 19.1. The zero-order valence-electron chi connectivity index (χ0n) is 8.79. The van der Waals surface area contributed by atoms with Crippen LogP contribution in [0, 0.1) is 5.82 Å². The van der Waals surface area contributed by atoms with Gasteiger partial charge in [0.1, 0.15) is 5.82 Å². The van der Waals surface area contributed by atoms with Crippen molar-refractivity contribution in [2.75, 3.05) is 11.1 Å². The smallest absolute Gasteiger partial charge is 0.319 e. The first-order valence-corrected chi connectivity index (χ1v) is 5.27. The van der Waals surface area contributed by atoms with Crippen LogP contribution in [0.4, 0.5) is 20.6 Å². The first-order valence-electron chi connectivity index (χ1n) is 5.27. The summed E-state index contributed by atoms with van der Waals surface area (Å²) in [6.45, 7) is 0. The molecule has 1 saturated carbocycles. The Morgan fingerprint density at radius 3 is 2.75 bits per heavy atom. The Labute approximate surface area is 93.0 Å². The van der Waals surface area contributed by atoms with E-state index in [1.54, 1.807) is 0 Å². The summed E-state index contributed by atoms with van der Waals surface area (Å²) in [4.78, 5) is 11.5. The quantitative estimate of drug-likeness (QED) is 0.672. The fourth-order valence-electron chi connectivity index (χ4n) is 1.53. The molecule has 0 spiro atoms. The molecule has 86 valence electrons. The van der Waals surface area contributed by atoms with Gasteiger partial charge in [0, 0.05) is 11.7 Å². The largest absolute Gasteiger partial charge is 0.396 e. The standard InChI is InChI=1S/C11H14FN3O/c12-9-5-4-8(6-10(9)13)15-11(16)14-7-2-1-3-7/h4-7H,1-3,13H2,(H2,14,15,16). The first-order chi connectivity index (χ1) is 7.65. The van der Waals surface area contributed by atoms with Gasteiger partial charge in [0.2, 0.25) is 0 Å². The number of halogens is 1. The van der Waals surface area contributed by atoms with Gasteiger partial charge >= 0.3 is 6.03 Å². The number of carbonyl (C=O) groups is 1. The molecule has 0 atom stereocenters. The van der Waals surface area contributed by atoms with E-state index in [1.807, 2.05) is 0 Å². The fourth-order valence-corrected chi connectivity index (χ4v) is 1.53. The van der Waals surface area contributed by atoms with E-state index in [1.165, 1.54) is 18.2 Å². The third-order valence-corrected chi connectivity index (χ3v) is 2.69. The molecular formula is C11H14FN3O. The minimum atomic E-state index is -0.482. The van der Waals surface area contributed by atoms with E-state index in [2.05, 4.69) is 10.6 Å². The van der Waals surface area contributed by atoms with E-state index in [4.69, 9.17) is 5.73 Å². The molecule has 1 aliphatic rings. The Kier molecular flexibility index (Phi) is 2.94. The monoisotopic (exact) mass is 223 g/mol. The predicted molar refractivity (Wildman–Crippen MR) is 60.6 cm³/mol. The number of carbonyl (C=O) groups excluding carboxylic acids is 1. The summed E-state index contributed by atoms with van der Waals surface area (Å²) in [5.74, 6) is -0.482. The highest BCUT2D eigenvalue weighted by molar-refractivity contribution is 5.90. The summed E-state index contributed by atoms with van der Waals surface area (Å²) >= 11 is 0. The molecule has 0 aromatic heterocycles. The van der Waals surface area contributed by atoms with Crippen LogP contribution >= 0.6 is 0 Å². The third-order valence-electron chi connectivity index (χ3n) is 2.69. The van der Waals surface area contributed by atoms with Gasteiger partial charge in [0.05, 0.1) is 5.69 Å². The van der Waals surface area contributed by atoms with Crippen molar-refractivity contribution in [1.82, 2.24) is 5.32 Å². The fraction of sp³-hybridized carbons (Fsp3) is 0.364. The van der Waals surface area contributed by atoms with E-state index >= 15 is 0 Å². The number of benzene rings is 1. The van der Waals surface area contributed by atoms with Crippen LogP contribution in [-0.4, -0.2) is 12.1 Å². The van der Waals surface area contributed by atoms with E-state index in [-0.39, 0.29) is 17.8 Å². The second-order valence-corrected chi connectivity index (χ2v) is 3.96. The van der Waals surface area contributed by atoms with Crippen LogP contribution in [0.1, 0.15) is 19.3 Å². The second-order valence-electron chi connectivity index (χ2n) is 3.96. The normalized spacial score (nSPS) is 15.3. The van der Waals surface area contributed by atoms with Gasteiger partial charge in [-0.05, 0) is 37.5 Å². The Balaban J connectivity index is 1.92.